The van der Waals surface area contributed by atoms with E-state index in [0.29, 0.717) is 6.61 Å². The highest BCUT2D eigenvalue weighted by molar-refractivity contribution is 5.28. The van der Waals surface area contributed by atoms with Crippen molar-refractivity contribution in [2.45, 2.75) is 32.6 Å². The summed E-state index contributed by atoms with van der Waals surface area (Å²) in [4.78, 5) is 0. The van der Waals surface area contributed by atoms with Gasteiger partial charge in [0.2, 0.25) is 0 Å². The summed E-state index contributed by atoms with van der Waals surface area (Å²) in [5, 5.41) is 25.7. The van der Waals surface area contributed by atoms with E-state index in [9.17, 15) is 5.11 Å². The minimum Gasteiger partial charge on any atom is -0.487 e. The normalized spacial score (nSPS) is 13.7. The molecule has 0 fully saturated rings. The maximum atomic E-state index is 9.50. The number of benzene rings is 1. The highest BCUT2D eigenvalue weighted by Crippen LogP contribution is 2.18. The lowest BCUT2D eigenvalue weighted by Gasteiger charge is -2.09. The van der Waals surface area contributed by atoms with E-state index >= 15 is 0 Å². The average molecular weight is 328 g/mol. The third-order valence-corrected chi connectivity index (χ3v) is 3.82. The molecule has 0 aliphatic rings. The lowest BCUT2D eigenvalue weighted by atomic mass is 10.1. The van der Waals surface area contributed by atoms with Gasteiger partial charge in [0.15, 0.2) is 5.82 Å². The van der Waals surface area contributed by atoms with Crippen LogP contribution >= 0.6 is 0 Å². The maximum absolute atomic E-state index is 9.50. The first-order valence-electron chi connectivity index (χ1n) is 7.70. The number of aliphatic hydroxyl groups is 1. The van der Waals surface area contributed by atoms with Gasteiger partial charge in [-0.15, -0.1) is 15.3 Å². The monoisotopic (exact) mass is 328 g/mol. The number of hydrogen-bond acceptors (Lipinski definition) is 6. The molecule has 0 aliphatic heterocycles. The topological polar surface area (TPSA) is 90.9 Å². The van der Waals surface area contributed by atoms with Gasteiger partial charge in [0, 0.05) is 7.05 Å². The lowest BCUT2D eigenvalue weighted by Crippen LogP contribution is -2.12. The second-order valence-electron chi connectivity index (χ2n) is 5.70. The number of ether oxygens (including phenoxy) is 1. The Kier molecular flexibility index (Phi) is 4.57. The van der Waals surface area contributed by atoms with E-state index in [0.717, 1.165) is 22.8 Å². The van der Waals surface area contributed by atoms with E-state index in [4.69, 9.17) is 4.74 Å². The first kappa shape index (κ1) is 16.1. The van der Waals surface area contributed by atoms with E-state index in [2.05, 4.69) is 20.5 Å². The van der Waals surface area contributed by atoms with Crippen LogP contribution in [0, 0.1) is 0 Å². The standard InChI is InChI=1S/C16H20N6O2/c1-11(16-19-17-10-21(16)3)22-8-14(18-20-22)9-24-15-6-4-13(5-7-15)12(2)23/h4-8,10-12,23H,9H2,1-3H3. The molecule has 0 saturated carbocycles. The van der Waals surface area contributed by atoms with Crippen molar-refractivity contribution in [3.8, 4) is 5.75 Å². The molecule has 1 aromatic carbocycles. The quantitative estimate of drug-likeness (QED) is 0.740. The van der Waals surface area contributed by atoms with E-state index < -0.39 is 6.10 Å². The van der Waals surface area contributed by atoms with Gasteiger partial charge in [-0.25, -0.2) is 4.68 Å². The highest BCUT2D eigenvalue weighted by atomic mass is 16.5. The molecule has 0 bridgehead atoms. The average Bonchev–Trinajstić information content (AvgIpc) is 3.21. The molecule has 1 N–H and O–H groups in total. The Hall–Kier alpha value is -2.74. The van der Waals surface area contributed by atoms with Gasteiger partial charge in [-0.1, -0.05) is 17.3 Å². The summed E-state index contributed by atoms with van der Waals surface area (Å²) in [6, 6.07) is 7.27. The van der Waals surface area contributed by atoms with Crippen molar-refractivity contribution in [1.82, 2.24) is 29.8 Å². The first-order valence-corrected chi connectivity index (χ1v) is 7.70. The van der Waals surface area contributed by atoms with E-state index in [1.807, 2.05) is 49.0 Å². The van der Waals surface area contributed by atoms with Crippen molar-refractivity contribution in [3.05, 3.63) is 53.9 Å². The smallest absolute Gasteiger partial charge is 0.157 e. The molecule has 2 aromatic heterocycles. The molecule has 3 aromatic rings. The molecule has 8 heteroatoms. The van der Waals surface area contributed by atoms with Gasteiger partial charge in [0.25, 0.3) is 0 Å². The van der Waals surface area contributed by atoms with Crippen molar-refractivity contribution >= 4 is 0 Å². The van der Waals surface area contributed by atoms with Crippen LogP contribution in [0.15, 0.2) is 36.8 Å². The van der Waals surface area contributed by atoms with Gasteiger partial charge in [0.1, 0.15) is 30.4 Å². The minimum atomic E-state index is -0.485. The fraction of sp³-hybridized carbons (Fsp3) is 0.375. The zero-order chi connectivity index (χ0) is 17.1. The summed E-state index contributed by atoms with van der Waals surface area (Å²) >= 11 is 0. The van der Waals surface area contributed by atoms with Crippen LogP contribution in [0.5, 0.6) is 5.75 Å². The van der Waals surface area contributed by atoms with Crippen molar-refractivity contribution in [2.24, 2.45) is 7.05 Å². The molecule has 2 heterocycles. The number of hydrogen-bond donors (Lipinski definition) is 1. The minimum absolute atomic E-state index is 0.0657. The van der Waals surface area contributed by atoms with Crippen LogP contribution in [0.2, 0.25) is 0 Å². The third kappa shape index (κ3) is 3.43. The van der Waals surface area contributed by atoms with Crippen LogP contribution in [-0.4, -0.2) is 34.9 Å². The molecule has 2 unspecified atom stereocenters. The fourth-order valence-electron chi connectivity index (χ4n) is 2.36. The summed E-state index contributed by atoms with van der Waals surface area (Å²) in [6.45, 7) is 4.03. The van der Waals surface area contributed by atoms with Crippen LogP contribution in [0.25, 0.3) is 0 Å². The Morgan fingerprint density at radius 3 is 2.54 bits per heavy atom. The first-order chi connectivity index (χ1) is 11.5. The van der Waals surface area contributed by atoms with Crippen LogP contribution in [-0.2, 0) is 13.7 Å². The van der Waals surface area contributed by atoms with E-state index in [1.54, 1.807) is 17.9 Å². The van der Waals surface area contributed by atoms with Crippen molar-refractivity contribution in [2.75, 3.05) is 0 Å². The molecule has 0 saturated heterocycles. The van der Waals surface area contributed by atoms with Gasteiger partial charge >= 0.3 is 0 Å². The molecule has 0 spiro atoms. The Balaban J connectivity index is 1.63. The Bertz CT molecular complexity index is 793. The van der Waals surface area contributed by atoms with Crippen molar-refractivity contribution in [1.29, 1.82) is 0 Å². The predicted octanol–water partition coefficient (Wildman–Crippen LogP) is 1.65. The van der Waals surface area contributed by atoms with Crippen molar-refractivity contribution in [3.63, 3.8) is 0 Å². The number of rotatable bonds is 6. The van der Waals surface area contributed by atoms with Gasteiger partial charge in [-0.05, 0) is 31.5 Å². The zero-order valence-corrected chi connectivity index (χ0v) is 13.9. The second-order valence-corrected chi connectivity index (χ2v) is 5.70. The summed E-state index contributed by atoms with van der Waals surface area (Å²) in [6.07, 6.45) is 3.01. The zero-order valence-electron chi connectivity index (χ0n) is 13.9. The van der Waals surface area contributed by atoms with Gasteiger partial charge in [-0.3, -0.25) is 0 Å². The van der Waals surface area contributed by atoms with E-state index in [-0.39, 0.29) is 6.04 Å². The van der Waals surface area contributed by atoms with Gasteiger partial charge in [0.05, 0.1) is 12.3 Å². The van der Waals surface area contributed by atoms with Crippen LogP contribution in [0.1, 0.15) is 43.1 Å². The summed E-state index contributed by atoms with van der Waals surface area (Å²) in [5.74, 6) is 1.52. The molecule has 0 amide bonds. The van der Waals surface area contributed by atoms with Gasteiger partial charge < -0.3 is 14.4 Å². The Labute approximate surface area is 139 Å². The number of aliphatic hydroxyl groups excluding tert-OH is 1. The molecule has 3 rings (SSSR count). The van der Waals surface area contributed by atoms with Crippen LogP contribution in [0.4, 0.5) is 0 Å². The SMILES string of the molecule is CC(O)c1ccc(OCc2cn(C(C)c3nncn3C)nn2)cc1. The number of nitrogens with zero attached hydrogens (tertiary/aromatic N) is 6. The van der Waals surface area contributed by atoms with Crippen LogP contribution < -0.4 is 4.74 Å². The predicted molar refractivity (Wildman–Crippen MR) is 86.2 cm³/mol. The number of aryl methyl sites for hydroxylation is 1. The maximum Gasteiger partial charge on any atom is 0.157 e. The summed E-state index contributed by atoms with van der Waals surface area (Å²) in [5.41, 5.74) is 1.58. The Morgan fingerprint density at radius 2 is 1.92 bits per heavy atom. The molecule has 24 heavy (non-hydrogen) atoms. The molecular formula is C16H20N6O2. The largest absolute Gasteiger partial charge is 0.487 e. The summed E-state index contributed by atoms with van der Waals surface area (Å²) in [7, 11) is 1.89. The van der Waals surface area contributed by atoms with Crippen LogP contribution in [0.3, 0.4) is 0 Å². The van der Waals surface area contributed by atoms with Crippen molar-refractivity contribution < 1.29 is 9.84 Å². The molecule has 126 valence electrons. The molecular weight excluding hydrogens is 308 g/mol. The number of aromatic nitrogens is 6. The lowest BCUT2D eigenvalue weighted by molar-refractivity contribution is 0.199. The molecule has 8 nitrogen and oxygen atoms in total. The fourth-order valence-corrected chi connectivity index (χ4v) is 2.36. The molecule has 0 radical (unpaired) electrons. The van der Waals surface area contributed by atoms with Gasteiger partial charge in [-0.2, -0.15) is 0 Å². The Morgan fingerprint density at radius 1 is 1.17 bits per heavy atom. The molecule has 2 atom stereocenters. The third-order valence-electron chi connectivity index (χ3n) is 3.82. The second kappa shape index (κ2) is 6.79. The molecule has 0 aliphatic carbocycles. The highest BCUT2D eigenvalue weighted by Gasteiger charge is 2.15. The summed E-state index contributed by atoms with van der Waals surface area (Å²) < 4.78 is 9.29. The van der Waals surface area contributed by atoms with E-state index in [1.165, 1.54) is 0 Å².